The van der Waals surface area contributed by atoms with Crippen LogP contribution in [-0.4, -0.2) is 47.6 Å². The number of nitrogens with zero attached hydrogens (tertiary/aromatic N) is 1. The molecule has 1 aliphatic heterocycles. The summed E-state index contributed by atoms with van der Waals surface area (Å²) < 4.78 is 6.20. The number of piperidine rings is 1. The van der Waals surface area contributed by atoms with Gasteiger partial charge in [-0.15, -0.1) is 0 Å². The summed E-state index contributed by atoms with van der Waals surface area (Å²) in [5, 5.41) is 3.96. The molecule has 0 radical (unpaired) electrons. The van der Waals surface area contributed by atoms with Gasteiger partial charge in [0.2, 0.25) is 0 Å². The third-order valence-electron chi connectivity index (χ3n) is 5.02. The summed E-state index contributed by atoms with van der Waals surface area (Å²) in [6.07, 6.45) is 2.40. The molecule has 1 aliphatic rings. The van der Waals surface area contributed by atoms with Gasteiger partial charge in [-0.2, -0.15) is 0 Å². The molecule has 5 heteroatoms. The molecule has 1 aromatic heterocycles. The van der Waals surface area contributed by atoms with Gasteiger partial charge >= 0.3 is 0 Å². The van der Waals surface area contributed by atoms with E-state index in [2.05, 4.69) is 42.9 Å². The smallest absolute Gasteiger partial charge is 0.267 e. The summed E-state index contributed by atoms with van der Waals surface area (Å²) in [6.45, 7) is 11.5. The zero-order valence-corrected chi connectivity index (χ0v) is 16.3. The Kier molecular flexibility index (Phi) is 5.87. The summed E-state index contributed by atoms with van der Waals surface area (Å²) in [5.74, 6) is 1.26. The molecule has 142 valence electrons. The predicted molar refractivity (Wildman–Crippen MR) is 106 cm³/mol. The van der Waals surface area contributed by atoms with Crippen LogP contribution in [0.5, 0.6) is 5.75 Å². The van der Waals surface area contributed by atoms with Gasteiger partial charge in [0, 0.05) is 36.6 Å². The van der Waals surface area contributed by atoms with Crippen molar-refractivity contribution >= 4 is 16.8 Å². The van der Waals surface area contributed by atoms with Crippen LogP contribution in [0.4, 0.5) is 0 Å². The highest BCUT2D eigenvalue weighted by atomic mass is 16.5. The van der Waals surface area contributed by atoms with Gasteiger partial charge in [0.25, 0.3) is 5.91 Å². The molecule has 5 nitrogen and oxygen atoms in total. The van der Waals surface area contributed by atoms with Crippen LogP contribution in [-0.2, 0) is 0 Å². The molecule has 0 bridgehead atoms. The van der Waals surface area contributed by atoms with E-state index in [1.807, 2.05) is 24.3 Å². The largest absolute Gasteiger partial charge is 0.490 e. The van der Waals surface area contributed by atoms with E-state index in [-0.39, 0.29) is 12.0 Å². The number of hydrogen-bond donors (Lipinski definition) is 2. The number of carbonyl (C=O) groups is 1. The molecular formula is C21H31N3O2. The fourth-order valence-electron chi connectivity index (χ4n) is 3.40. The van der Waals surface area contributed by atoms with E-state index in [0.717, 1.165) is 42.6 Å². The molecule has 2 aromatic rings. The quantitative estimate of drug-likeness (QED) is 0.827. The number of carbonyl (C=O) groups excluding carboxylic acids is 1. The number of aromatic nitrogens is 1. The second-order valence-corrected chi connectivity index (χ2v) is 7.98. The lowest BCUT2D eigenvalue weighted by Gasteiger charge is -2.34. The SMILES string of the molecule is CC(C)CNC(=O)c1cc2cc(OC3CCN(C(C)C)CC3)ccc2[nH]1. The normalized spacial score (nSPS) is 16.5. The first kappa shape index (κ1) is 18.8. The number of rotatable bonds is 6. The first-order valence-electron chi connectivity index (χ1n) is 9.74. The van der Waals surface area contributed by atoms with E-state index >= 15 is 0 Å². The third-order valence-corrected chi connectivity index (χ3v) is 5.02. The van der Waals surface area contributed by atoms with Crippen LogP contribution in [0.1, 0.15) is 51.0 Å². The number of hydrogen-bond acceptors (Lipinski definition) is 3. The van der Waals surface area contributed by atoms with Crippen LogP contribution in [0.3, 0.4) is 0 Å². The molecule has 0 unspecified atom stereocenters. The van der Waals surface area contributed by atoms with Crippen molar-refractivity contribution in [3.05, 3.63) is 30.0 Å². The van der Waals surface area contributed by atoms with E-state index in [1.54, 1.807) is 0 Å². The second-order valence-electron chi connectivity index (χ2n) is 7.98. The lowest BCUT2D eigenvalue weighted by molar-refractivity contribution is 0.0844. The van der Waals surface area contributed by atoms with Gasteiger partial charge in [-0.1, -0.05) is 13.8 Å². The van der Waals surface area contributed by atoms with Crippen molar-refractivity contribution < 1.29 is 9.53 Å². The topological polar surface area (TPSA) is 57.4 Å². The summed E-state index contributed by atoms with van der Waals surface area (Å²) >= 11 is 0. The Hall–Kier alpha value is -2.01. The number of likely N-dealkylation sites (tertiary alicyclic amines) is 1. The Morgan fingerprint density at radius 2 is 1.96 bits per heavy atom. The average Bonchev–Trinajstić information content (AvgIpc) is 3.03. The lowest BCUT2D eigenvalue weighted by Crippen LogP contribution is -2.41. The van der Waals surface area contributed by atoms with E-state index in [0.29, 0.717) is 24.2 Å². The molecule has 1 fully saturated rings. The minimum atomic E-state index is -0.0570. The Bertz CT molecular complexity index is 743. The maximum Gasteiger partial charge on any atom is 0.267 e. The number of nitrogens with one attached hydrogen (secondary N) is 2. The maximum absolute atomic E-state index is 12.2. The molecule has 0 atom stereocenters. The Morgan fingerprint density at radius 1 is 1.23 bits per heavy atom. The fourth-order valence-corrected chi connectivity index (χ4v) is 3.40. The van der Waals surface area contributed by atoms with Crippen molar-refractivity contribution in [2.75, 3.05) is 19.6 Å². The maximum atomic E-state index is 12.2. The van der Waals surface area contributed by atoms with E-state index in [9.17, 15) is 4.79 Å². The van der Waals surface area contributed by atoms with Crippen molar-refractivity contribution in [3.8, 4) is 5.75 Å². The number of fused-ring (bicyclic) bond motifs is 1. The monoisotopic (exact) mass is 357 g/mol. The van der Waals surface area contributed by atoms with Crippen LogP contribution in [0, 0.1) is 5.92 Å². The van der Waals surface area contributed by atoms with Gasteiger partial charge in [0.1, 0.15) is 17.5 Å². The summed E-state index contributed by atoms with van der Waals surface area (Å²) in [7, 11) is 0. The van der Waals surface area contributed by atoms with Gasteiger partial charge in [0.15, 0.2) is 0 Å². The molecule has 2 heterocycles. The molecular weight excluding hydrogens is 326 g/mol. The lowest BCUT2D eigenvalue weighted by atomic mass is 10.1. The average molecular weight is 357 g/mol. The van der Waals surface area contributed by atoms with Crippen LogP contribution in [0.25, 0.3) is 10.9 Å². The number of aromatic amines is 1. The first-order chi connectivity index (χ1) is 12.4. The van der Waals surface area contributed by atoms with E-state index in [1.165, 1.54) is 0 Å². The summed E-state index contributed by atoms with van der Waals surface area (Å²) in [6, 6.07) is 8.52. The summed E-state index contributed by atoms with van der Waals surface area (Å²) in [5.41, 5.74) is 1.56. The molecule has 3 rings (SSSR count). The number of H-pyrrole nitrogens is 1. The van der Waals surface area contributed by atoms with Crippen molar-refractivity contribution in [1.82, 2.24) is 15.2 Å². The van der Waals surface area contributed by atoms with Gasteiger partial charge in [-0.05, 0) is 56.9 Å². The highest BCUT2D eigenvalue weighted by Gasteiger charge is 2.22. The second kappa shape index (κ2) is 8.12. The Balaban J connectivity index is 1.63. The molecule has 0 spiro atoms. The number of benzene rings is 1. The minimum absolute atomic E-state index is 0.0570. The fraction of sp³-hybridized carbons (Fsp3) is 0.571. The van der Waals surface area contributed by atoms with E-state index < -0.39 is 0 Å². The highest BCUT2D eigenvalue weighted by Crippen LogP contribution is 2.25. The Labute approximate surface area is 156 Å². The van der Waals surface area contributed by atoms with Crippen LogP contribution in [0.15, 0.2) is 24.3 Å². The molecule has 1 saturated heterocycles. The molecule has 0 saturated carbocycles. The third kappa shape index (κ3) is 4.58. The first-order valence-corrected chi connectivity index (χ1v) is 9.74. The molecule has 2 N–H and O–H groups in total. The van der Waals surface area contributed by atoms with E-state index in [4.69, 9.17) is 4.74 Å². The van der Waals surface area contributed by atoms with Gasteiger partial charge in [-0.3, -0.25) is 4.79 Å². The van der Waals surface area contributed by atoms with Gasteiger partial charge in [-0.25, -0.2) is 0 Å². The molecule has 0 aliphatic carbocycles. The minimum Gasteiger partial charge on any atom is -0.490 e. The zero-order valence-electron chi connectivity index (χ0n) is 16.3. The molecule has 1 aromatic carbocycles. The summed E-state index contributed by atoms with van der Waals surface area (Å²) in [4.78, 5) is 17.9. The molecule has 26 heavy (non-hydrogen) atoms. The van der Waals surface area contributed by atoms with Crippen LogP contribution < -0.4 is 10.1 Å². The van der Waals surface area contributed by atoms with Crippen LogP contribution >= 0.6 is 0 Å². The standard InChI is InChI=1S/C21H31N3O2/c1-14(2)13-22-21(25)20-12-16-11-18(5-6-19(16)23-20)26-17-7-9-24(10-8-17)15(3)4/h5-6,11-12,14-15,17,23H,7-10,13H2,1-4H3,(H,22,25). The van der Waals surface area contributed by atoms with Crippen molar-refractivity contribution in [2.24, 2.45) is 5.92 Å². The number of amides is 1. The predicted octanol–water partition coefficient (Wildman–Crippen LogP) is 3.81. The van der Waals surface area contributed by atoms with Gasteiger partial charge in [0.05, 0.1) is 0 Å². The van der Waals surface area contributed by atoms with Crippen LogP contribution in [0.2, 0.25) is 0 Å². The van der Waals surface area contributed by atoms with Crippen molar-refractivity contribution in [1.29, 1.82) is 0 Å². The van der Waals surface area contributed by atoms with Gasteiger partial charge < -0.3 is 19.9 Å². The van der Waals surface area contributed by atoms with Crippen molar-refractivity contribution in [2.45, 2.75) is 52.7 Å². The molecule has 1 amide bonds. The highest BCUT2D eigenvalue weighted by molar-refractivity contribution is 5.98. The zero-order chi connectivity index (χ0) is 18.7. The van der Waals surface area contributed by atoms with Crippen molar-refractivity contribution in [3.63, 3.8) is 0 Å². The Morgan fingerprint density at radius 3 is 2.62 bits per heavy atom. The number of ether oxygens (including phenoxy) is 1.